The zero-order valence-corrected chi connectivity index (χ0v) is 39.2. The molecule has 1 unspecified atom stereocenters. The smallest absolute Gasteiger partial charge is 0.329 e. The van der Waals surface area contributed by atoms with Crippen LogP contribution >= 0.6 is 11.6 Å². The molecular weight excluding hydrogens is 850 g/mol. The number of hydrogen-bond acceptors (Lipinski definition) is 9. The quantitative estimate of drug-likeness (QED) is 0.109. The maximum Gasteiger partial charge on any atom is 0.329 e. The third-order valence-electron chi connectivity index (χ3n) is 16.2. The molecule has 1 N–H and O–H groups in total. The number of imide groups is 1. The maximum absolute atomic E-state index is 13.5. The molecule has 0 bridgehead atoms. The molecule has 1 aliphatic carbocycles. The number of amides is 2. The normalized spacial score (nSPS) is 21.5. The predicted molar refractivity (Wildman–Crippen MR) is 256 cm³/mol. The molecule has 6 heterocycles. The lowest BCUT2D eigenvalue weighted by atomic mass is 9.59. The first-order valence-electron chi connectivity index (χ1n) is 23.8. The third kappa shape index (κ3) is 8.52. The Hall–Kier alpha value is -5.55. The number of anilines is 1. The highest BCUT2D eigenvalue weighted by Gasteiger charge is 2.49. The Bertz CT molecular complexity index is 2740. The first-order valence-corrected chi connectivity index (χ1v) is 24.2. The third-order valence-corrected chi connectivity index (χ3v) is 16.5. The van der Waals surface area contributed by atoms with Crippen LogP contribution in [0.15, 0.2) is 77.7 Å². The van der Waals surface area contributed by atoms with Gasteiger partial charge in [-0.2, -0.15) is 0 Å². The van der Waals surface area contributed by atoms with Crippen molar-refractivity contribution in [2.45, 2.75) is 109 Å². The summed E-state index contributed by atoms with van der Waals surface area (Å²) in [6.45, 7) is 19.3. The van der Waals surface area contributed by atoms with Crippen LogP contribution in [0.5, 0.6) is 5.75 Å². The number of nitrogens with one attached hydrogen (secondary N) is 1. The molecule has 5 fully saturated rings. The molecule has 1 atom stereocenters. The number of nitrogens with zero attached hydrogens (tertiary/aromatic N) is 8. The molecule has 2 spiro atoms. The van der Waals surface area contributed by atoms with E-state index in [2.05, 4.69) is 61.9 Å². The molecule has 14 heteroatoms. The number of carbonyl (C=O) groups is 2. The molecule has 344 valence electrons. The van der Waals surface area contributed by atoms with Gasteiger partial charge in [-0.05, 0) is 148 Å². The molecule has 5 aliphatic rings. The van der Waals surface area contributed by atoms with Crippen molar-refractivity contribution in [3.63, 3.8) is 0 Å². The molecule has 5 aromatic rings. The van der Waals surface area contributed by atoms with Gasteiger partial charge < -0.3 is 14.5 Å². The van der Waals surface area contributed by atoms with E-state index >= 15 is 0 Å². The van der Waals surface area contributed by atoms with Gasteiger partial charge in [-0.25, -0.2) is 19.6 Å². The minimum atomic E-state index is -0.674. The van der Waals surface area contributed by atoms with E-state index in [1.807, 2.05) is 48.7 Å². The van der Waals surface area contributed by atoms with Crippen molar-refractivity contribution in [3.8, 4) is 5.75 Å². The summed E-state index contributed by atoms with van der Waals surface area (Å²) in [5, 5.41) is 2.98. The van der Waals surface area contributed by atoms with E-state index < -0.39 is 11.9 Å². The van der Waals surface area contributed by atoms with Crippen molar-refractivity contribution in [1.82, 2.24) is 34.2 Å². The van der Waals surface area contributed by atoms with Crippen LogP contribution < -0.4 is 20.6 Å². The van der Waals surface area contributed by atoms with E-state index in [4.69, 9.17) is 27.9 Å². The van der Waals surface area contributed by atoms with Crippen LogP contribution in [0, 0.1) is 17.4 Å². The van der Waals surface area contributed by atoms with Crippen molar-refractivity contribution in [1.29, 1.82) is 0 Å². The molecule has 3 aromatic carbocycles. The number of aryl methyl sites for hydroxylation is 1. The van der Waals surface area contributed by atoms with Gasteiger partial charge in [0.2, 0.25) is 17.8 Å². The highest BCUT2D eigenvalue weighted by molar-refractivity contribution is 6.31. The SMILES string of the molecule is [C-]#[N+]c1cc(Cl)cc(C(C)(C)c2ccc(OCc3ccnc(N4CCC5(CC4)CCN(C4CC6(CCN(Cc7cccc8c7n(C)c(=O)n8C7CCC(=O)NC7=O)CC6)C4)CC5)n3)cc2)c1. The van der Waals surface area contributed by atoms with Gasteiger partial charge >= 0.3 is 5.69 Å². The van der Waals surface area contributed by atoms with Crippen LogP contribution in [0.25, 0.3) is 15.9 Å². The fourth-order valence-electron chi connectivity index (χ4n) is 11.9. The van der Waals surface area contributed by atoms with E-state index in [0.29, 0.717) is 40.6 Å². The van der Waals surface area contributed by atoms with Crippen LogP contribution in [-0.4, -0.2) is 86.0 Å². The Balaban J connectivity index is 0.672. The van der Waals surface area contributed by atoms with Crippen LogP contribution in [0.1, 0.15) is 106 Å². The van der Waals surface area contributed by atoms with Crippen LogP contribution in [-0.2, 0) is 35.2 Å². The largest absolute Gasteiger partial charge is 0.487 e. The first kappa shape index (κ1) is 44.3. The zero-order valence-electron chi connectivity index (χ0n) is 38.4. The maximum atomic E-state index is 13.5. The van der Waals surface area contributed by atoms with Crippen molar-refractivity contribution in [2.24, 2.45) is 17.9 Å². The molecule has 4 saturated heterocycles. The van der Waals surface area contributed by atoms with E-state index in [9.17, 15) is 14.4 Å². The lowest BCUT2D eigenvalue weighted by Crippen LogP contribution is -2.57. The minimum absolute atomic E-state index is 0.215. The van der Waals surface area contributed by atoms with Crippen molar-refractivity contribution < 1.29 is 14.3 Å². The molecule has 66 heavy (non-hydrogen) atoms. The summed E-state index contributed by atoms with van der Waals surface area (Å²) in [7, 11) is 1.79. The Labute approximate surface area is 391 Å². The van der Waals surface area contributed by atoms with Crippen molar-refractivity contribution in [2.75, 3.05) is 44.2 Å². The average molecular weight is 911 g/mol. The van der Waals surface area contributed by atoms with Crippen LogP contribution in [0.4, 0.5) is 11.6 Å². The fraction of sp³-hybridized carbons (Fsp3) is 0.500. The number of rotatable bonds is 10. The fourth-order valence-corrected chi connectivity index (χ4v) is 12.1. The second-order valence-electron chi connectivity index (χ2n) is 20.4. The minimum Gasteiger partial charge on any atom is -0.487 e. The number of imidazole rings is 1. The number of carbonyl (C=O) groups excluding carboxylic acids is 2. The number of likely N-dealkylation sites (tertiary alicyclic amines) is 2. The average Bonchev–Trinajstić information content (AvgIpc) is 3.57. The van der Waals surface area contributed by atoms with Crippen molar-refractivity contribution >= 4 is 46.1 Å². The number of benzene rings is 3. The lowest BCUT2D eigenvalue weighted by Gasteiger charge is -2.57. The Morgan fingerprint density at radius 3 is 2.30 bits per heavy atom. The van der Waals surface area contributed by atoms with Crippen LogP contribution in [0.2, 0.25) is 5.02 Å². The molecule has 10 rings (SSSR count). The Morgan fingerprint density at radius 1 is 0.879 bits per heavy atom. The summed E-state index contributed by atoms with van der Waals surface area (Å²) in [6.07, 6.45) is 12.3. The van der Waals surface area contributed by atoms with E-state index in [0.717, 1.165) is 77.8 Å². The molecule has 2 aromatic heterocycles. The first-order chi connectivity index (χ1) is 31.8. The number of fused-ring (bicyclic) bond motifs is 1. The number of aromatic nitrogens is 4. The highest BCUT2D eigenvalue weighted by Crippen LogP contribution is 2.53. The van der Waals surface area contributed by atoms with Crippen LogP contribution in [0.3, 0.4) is 0 Å². The summed E-state index contributed by atoms with van der Waals surface area (Å²) in [5.41, 5.74) is 6.55. The van der Waals surface area contributed by atoms with E-state index in [1.54, 1.807) is 22.2 Å². The van der Waals surface area contributed by atoms with Gasteiger partial charge in [-0.3, -0.25) is 28.9 Å². The molecule has 0 radical (unpaired) electrons. The molecular formula is C52H60ClN9O4. The van der Waals surface area contributed by atoms with Gasteiger partial charge in [0.05, 0.1) is 23.3 Å². The lowest BCUT2D eigenvalue weighted by molar-refractivity contribution is -0.135. The van der Waals surface area contributed by atoms with Gasteiger partial charge in [-0.15, -0.1) is 0 Å². The highest BCUT2D eigenvalue weighted by atomic mass is 35.5. The van der Waals surface area contributed by atoms with Gasteiger partial charge in [-0.1, -0.05) is 55.8 Å². The number of halogens is 1. The summed E-state index contributed by atoms with van der Waals surface area (Å²) in [5.74, 6) is 0.883. The topological polar surface area (TPSA) is 122 Å². The Kier molecular flexibility index (Phi) is 11.8. The number of piperidine rings is 4. The molecule has 13 nitrogen and oxygen atoms in total. The van der Waals surface area contributed by atoms with Gasteiger partial charge in [0, 0.05) is 55.8 Å². The summed E-state index contributed by atoms with van der Waals surface area (Å²) in [4.78, 5) is 58.9. The standard InChI is InChI=1S/C52H60ClN9O4/c1-50(2,37-28-38(53)30-40(29-37)54-3)36-8-10-42(11-9-36)66-34-39-14-21-55-48(56-39)61-26-19-51(20-27-61)17-24-60(25-18-51)41-31-52(32-41)15-22-59(23-16-52)33-35-6-5-7-43-46(35)58(4)49(65)62(43)44-12-13-45(63)57-47(44)64/h5-11,14,21,28-30,41,44H,12-13,15-20,22-27,31-34H2,1-2,4H3,(H,57,63,64). The second-order valence-corrected chi connectivity index (χ2v) is 20.9. The molecule has 2 amide bonds. The molecule has 1 saturated carbocycles. The van der Waals surface area contributed by atoms with Crippen molar-refractivity contribution in [3.05, 3.63) is 122 Å². The number of para-hydroxylation sites is 1. The number of hydrogen-bond donors (Lipinski definition) is 1. The second kappa shape index (κ2) is 17.6. The monoisotopic (exact) mass is 909 g/mol. The summed E-state index contributed by atoms with van der Waals surface area (Å²) >= 11 is 6.34. The number of ether oxygens (including phenoxy) is 1. The summed E-state index contributed by atoms with van der Waals surface area (Å²) in [6, 6.07) is 21.6. The van der Waals surface area contributed by atoms with E-state index in [-0.39, 0.29) is 23.4 Å². The summed E-state index contributed by atoms with van der Waals surface area (Å²) < 4.78 is 9.46. The van der Waals surface area contributed by atoms with Gasteiger partial charge in [0.1, 0.15) is 18.4 Å². The van der Waals surface area contributed by atoms with Gasteiger partial charge in [0.25, 0.3) is 0 Å². The zero-order chi connectivity index (χ0) is 45.8. The van der Waals surface area contributed by atoms with E-state index in [1.165, 1.54) is 64.5 Å². The Morgan fingerprint density at radius 2 is 1.59 bits per heavy atom. The van der Waals surface area contributed by atoms with Gasteiger partial charge in [0.15, 0.2) is 5.69 Å². The predicted octanol–water partition coefficient (Wildman–Crippen LogP) is 8.34. The molecule has 4 aliphatic heterocycles.